The molecule has 1 N–H and O–H groups in total. The lowest BCUT2D eigenvalue weighted by molar-refractivity contribution is 0.0860. The van der Waals surface area contributed by atoms with Crippen LogP contribution in [0, 0.1) is 0 Å². The number of halogens is 2. The van der Waals surface area contributed by atoms with Crippen molar-refractivity contribution < 1.29 is 19.1 Å². The zero-order valence-corrected chi connectivity index (χ0v) is 28.5. The lowest BCUT2D eigenvalue weighted by atomic mass is 9.73. The van der Waals surface area contributed by atoms with Gasteiger partial charge in [0.05, 0.1) is 23.7 Å². The number of hydrogen-bond acceptors (Lipinski definition) is 6. The molecule has 244 valence electrons. The van der Waals surface area contributed by atoms with Gasteiger partial charge in [0, 0.05) is 48.3 Å². The minimum Gasteiger partial charge on any atom is -0.485 e. The minimum atomic E-state index is -0.306. The fraction of sp³-hybridized carbons (Fsp3) is 0.417. The van der Waals surface area contributed by atoms with E-state index in [1.165, 1.54) is 5.56 Å². The summed E-state index contributed by atoms with van der Waals surface area (Å²) < 4.78 is 11.6. The first-order valence-electron chi connectivity index (χ1n) is 15.9. The van der Waals surface area contributed by atoms with Gasteiger partial charge in [0.2, 0.25) is 0 Å². The van der Waals surface area contributed by atoms with Gasteiger partial charge in [0.25, 0.3) is 5.91 Å². The Morgan fingerprint density at radius 1 is 1.07 bits per heavy atom. The summed E-state index contributed by atoms with van der Waals surface area (Å²) in [7, 11) is 1.95. The fourth-order valence-electron chi connectivity index (χ4n) is 6.16. The summed E-state index contributed by atoms with van der Waals surface area (Å²) in [6, 6.07) is 19.2. The molecule has 2 heterocycles. The highest BCUT2D eigenvalue weighted by molar-refractivity contribution is 6.35. The summed E-state index contributed by atoms with van der Waals surface area (Å²) in [6.45, 7) is 8.52. The van der Waals surface area contributed by atoms with Gasteiger partial charge in [-0.2, -0.15) is 0 Å². The van der Waals surface area contributed by atoms with Crippen molar-refractivity contribution in [3.8, 4) is 5.75 Å². The average Bonchev–Trinajstić information content (AvgIpc) is 3.05. The Morgan fingerprint density at radius 2 is 1.83 bits per heavy atom. The summed E-state index contributed by atoms with van der Waals surface area (Å²) in [6.07, 6.45) is 2.82. The standard InChI is InChI=1S/C36H42Cl2N4O4/c1-5-36(3)21-28(39-31-10-8-7-9-29(31)36)23-46-33-14-12-24(19-32(33)41(4)22-25-11-13-26(37)20-30(25)38)34(43)40-27-15-17-42(18-16-27)35(44)45-6-2/h7-14,19-20,27H,5-6,15-18,21-23H2,1-4H3,(H,40,43). The van der Waals surface area contributed by atoms with E-state index in [1.54, 1.807) is 24.0 Å². The van der Waals surface area contributed by atoms with Crippen LogP contribution in [0.5, 0.6) is 5.75 Å². The number of para-hydroxylation sites is 1. The van der Waals surface area contributed by atoms with Crippen molar-refractivity contribution in [1.29, 1.82) is 0 Å². The van der Waals surface area contributed by atoms with Crippen molar-refractivity contribution in [3.63, 3.8) is 0 Å². The number of ether oxygens (including phenoxy) is 2. The monoisotopic (exact) mass is 664 g/mol. The predicted octanol–water partition coefficient (Wildman–Crippen LogP) is 8.20. The molecule has 10 heteroatoms. The fourth-order valence-corrected chi connectivity index (χ4v) is 6.62. The Morgan fingerprint density at radius 3 is 2.54 bits per heavy atom. The van der Waals surface area contributed by atoms with E-state index >= 15 is 0 Å². The van der Waals surface area contributed by atoms with E-state index in [-0.39, 0.29) is 23.5 Å². The molecule has 0 aromatic heterocycles. The van der Waals surface area contributed by atoms with Crippen molar-refractivity contribution >= 4 is 52.3 Å². The van der Waals surface area contributed by atoms with Crippen molar-refractivity contribution in [3.05, 3.63) is 87.4 Å². The molecule has 2 aliphatic rings. The highest BCUT2D eigenvalue weighted by Crippen LogP contribution is 2.42. The number of likely N-dealkylation sites (tertiary alicyclic amines) is 1. The summed E-state index contributed by atoms with van der Waals surface area (Å²) in [4.78, 5) is 34.2. The second-order valence-electron chi connectivity index (χ2n) is 12.3. The number of aliphatic imine (C=N–C) groups is 1. The molecule has 0 bridgehead atoms. The molecule has 2 amide bonds. The highest BCUT2D eigenvalue weighted by Gasteiger charge is 2.32. The summed E-state index contributed by atoms with van der Waals surface area (Å²) in [5, 5.41) is 4.29. The zero-order valence-electron chi connectivity index (χ0n) is 26.9. The SMILES string of the molecule is CCOC(=O)N1CCC(NC(=O)c2ccc(OCC3=Nc4ccccc4C(C)(CC)C3)c(N(C)Cc3ccc(Cl)cc3Cl)c2)CC1. The van der Waals surface area contributed by atoms with Gasteiger partial charge in [-0.05, 0) is 85.5 Å². The van der Waals surface area contributed by atoms with Crippen LogP contribution >= 0.6 is 23.2 Å². The maximum Gasteiger partial charge on any atom is 0.409 e. The molecular formula is C36H42Cl2N4O4. The number of hydrogen-bond donors (Lipinski definition) is 1. The Labute approximate surface area is 281 Å². The van der Waals surface area contributed by atoms with E-state index in [4.69, 9.17) is 37.7 Å². The van der Waals surface area contributed by atoms with E-state index in [0.717, 1.165) is 35.5 Å². The summed E-state index contributed by atoms with van der Waals surface area (Å²) >= 11 is 12.7. The number of anilines is 1. The average molecular weight is 666 g/mol. The third-order valence-electron chi connectivity index (χ3n) is 9.01. The minimum absolute atomic E-state index is 0.0175. The van der Waals surface area contributed by atoms with Crippen molar-refractivity contribution in [2.75, 3.05) is 38.3 Å². The first kappa shape index (κ1) is 33.6. The van der Waals surface area contributed by atoms with Crippen LogP contribution in [-0.4, -0.2) is 62.0 Å². The molecule has 0 radical (unpaired) electrons. The Kier molecular flexibility index (Phi) is 10.8. The molecule has 2 aliphatic heterocycles. The highest BCUT2D eigenvalue weighted by atomic mass is 35.5. The van der Waals surface area contributed by atoms with Crippen LogP contribution in [0.2, 0.25) is 10.0 Å². The summed E-state index contributed by atoms with van der Waals surface area (Å²) in [5.74, 6) is 0.471. The first-order valence-corrected chi connectivity index (χ1v) is 16.7. The third-order valence-corrected chi connectivity index (χ3v) is 9.60. The normalized spacial score (nSPS) is 18.0. The lowest BCUT2D eigenvalue weighted by Gasteiger charge is -2.34. The zero-order chi connectivity index (χ0) is 32.8. The van der Waals surface area contributed by atoms with Crippen LogP contribution in [0.3, 0.4) is 0 Å². The van der Waals surface area contributed by atoms with Gasteiger partial charge >= 0.3 is 6.09 Å². The number of rotatable bonds is 10. The lowest BCUT2D eigenvalue weighted by Crippen LogP contribution is -2.46. The molecular weight excluding hydrogens is 623 g/mol. The van der Waals surface area contributed by atoms with Crippen LogP contribution in [0.25, 0.3) is 0 Å². The third kappa shape index (κ3) is 7.78. The molecule has 1 saturated heterocycles. The van der Waals surface area contributed by atoms with Crippen LogP contribution in [-0.2, 0) is 16.7 Å². The number of fused-ring (bicyclic) bond motifs is 1. The van der Waals surface area contributed by atoms with Crippen molar-refractivity contribution in [2.24, 2.45) is 4.99 Å². The van der Waals surface area contributed by atoms with E-state index < -0.39 is 0 Å². The Hall–Kier alpha value is -3.75. The van der Waals surface area contributed by atoms with Gasteiger partial charge in [-0.25, -0.2) is 4.79 Å². The van der Waals surface area contributed by atoms with Crippen LogP contribution < -0.4 is 15.0 Å². The van der Waals surface area contributed by atoms with E-state index in [1.807, 2.05) is 42.3 Å². The number of nitrogens with zero attached hydrogens (tertiary/aromatic N) is 3. The predicted molar refractivity (Wildman–Crippen MR) is 185 cm³/mol. The summed E-state index contributed by atoms with van der Waals surface area (Å²) in [5.41, 5.74) is 5.40. The molecule has 1 fully saturated rings. The van der Waals surface area contributed by atoms with Gasteiger partial charge in [0.15, 0.2) is 0 Å². The number of carbonyl (C=O) groups excluding carboxylic acids is 2. The van der Waals surface area contributed by atoms with Gasteiger partial charge in [0.1, 0.15) is 12.4 Å². The molecule has 3 aromatic rings. The van der Waals surface area contributed by atoms with E-state index in [0.29, 0.717) is 67.0 Å². The van der Waals surface area contributed by atoms with Gasteiger partial charge in [-0.1, -0.05) is 61.3 Å². The van der Waals surface area contributed by atoms with Gasteiger partial charge < -0.3 is 24.6 Å². The quantitative estimate of drug-likeness (QED) is 0.236. The number of piperidine rings is 1. The smallest absolute Gasteiger partial charge is 0.409 e. The van der Waals surface area contributed by atoms with E-state index in [9.17, 15) is 9.59 Å². The second kappa shape index (κ2) is 14.8. The first-order chi connectivity index (χ1) is 22.1. The van der Waals surface area contributed by atoms with Gasteiger partial charge in [-0.3, -0.25) is 9.79 Å². The van der Waals surface area contributed by atoms with Crippen molar-refractivity contribution in [1.82, 2.24) is 10.2 Å². The molecule has 5 rings (SSSR count). The Balaban J connectivity index is 1.35. The topological polar surface area (TPSA) is 83.5 Å². The van der Waals surface area contributed by atoms with E-state index in [2.05, 4.69) is 37.4 Å². The molecule has 0 spiro atoms. The van der Waals surface area contributed by atoms with Crippen LogP contribution in [0.15, 0.2) is 65.7 Å². The van der Waals surface area contributed by atoms with Crippen LogP contribution in [0.4, 0.5) is 16.2 Å². The molecule has 46 heavy (non-hydrogen) atoms. The second-order valence-corrected chi connectivity index (χ2v) is 13.1. The number of carbonyl (C=O) groups is 2. The number of nitrogens with one attached hydrogen (secondary N) is 1. The molecule has 1 unspecified atom stereocenters. The van der Waals surface area contributed by atoms with Gasteiger partial charge in [-0.15, -0.1) is 0 Å². The molecule has 0 saturated carbocycles. The number of amides is 2. The van der Waals surface area contributed by atoms with Crippen LogP contribution in [0.1, 0.15) is 67.9 Å². The molecule has 0 aliphatic carbocycles. The van der Waals surface area contributed by atoms with Crippen molar-refractivity contribution in [2.45, 2.75) is 64.5 Å². The molecule has 1 atom stereocenters. The number of benzene rings is 3. The molecule has 8 nitrogen and oxygen atoms in total. The largest absolute Gasteiger partial charge is 0.485 e. The Bertz CT molecular complexity index is 1600. The maximum atomic E-state index is 13.5. The maximum absolute atomic E-state index is 13.5. The molecule has 3 aromatic carbocycles.